The first-order chi connectivity index (χ1) is 14.9. The third kappa shape index (κ3) is 4.39. The zero-order chi connectivity index (χ0) is 22.0. The van der Waals surface area contributed by atoms with Gasteiger partial charge in [-0.15, -0.1) is 11.3 Å². The molecule has 2 aromatic heterocycles. The number of aromatic nitrogens is 1. The SMILES string of the molecule is Cc1cc(C(=O)COC(=O)CCC(=O)c2cccs2)c(C)n1-c1ccc2c(c1)OCO2. The predicted molar refractivity (Wildman–Crippen MR) is 115 cm³/mol. The van der Waals surface area contributed by atoms with Gasteiger partial charge in [-0.2, -0.15) is 0 Å². The van der Waals surface area contributed by atoms with Gasteiger partial charge in [0, 0.05) is 35.1 Å². The van der Waals surface area contributed by atoms with E-state index in [1.807, 2.05) is 42.0 Å². The minimum absolute atomic E-state index is 0.0553. The molecule has 3 aromatic rings. The summed E-state index contributed by atoms with van der Waals surface area (Å²) in [4.78, 5) is 37.3. The van der Waals surface area contributed by atoms with Crippen LogP contribution in [0.5, 0.6) is 11.5 Å². The van der Waals surface area contributed by atoms with E-state index in [4.69, 9.17) is 14.2 Å². The molecule has 0 N–H and O–H groups in total. The first-order valence-corrected chi connectivity index (χ1v) is 10.7. The van der Waals surface area contributed by atoms with Gasteiger partial charge < -0.3 is 18.8 Å². The van der Waals surface area contributed by atoms with Gasteiger partial charge in [0.25, 0.3) is 0 Å². The van der Waals surface area contributed by atoms with Crippen molar-refractivity contribution in [2.75, 3.05) is 13.4 Å². The molecule has 31 heavy (non-hydrogen) atoms. The molecule has 0 fully saturated rings. The summed E-state index contributed by atoms with van der Waals surface area (Å²) in [7, 11) is 0. The number of carbonyl (C=O) groups is 3. The second kappa shape index (κ2) is 8.77. The fourth-order valence-corrected chi connectivity index (χ4v) is 4.23. The van der Waals surface area contributed by atoms with Crippen LogP contribution in [0.25, 0.3) is 5.69 Å². The van der Waals surface area contributed by atoms with Crippen LogP contribution in [-0.2, 0) is 9.53 Å². The minimum Gasteiger partial charge on any atom is -0.457 e. The number of nitrogens with zero attached hydrogens (tertiary/aromatic N) is 1. The molecule has 160 valence electrons. The average molecular weight is 439 g/mol. The van der Waals surface area contributed by atoms with Crippen LogP contribution in [0.1, 0.15) is 44.3 Å². The number of fused-ring (bicyclic) bond motifs is 1. The molecule has 0 spiro atoms. The average Bonchev–Trinajstić information content (AvgIpc) is 3.50. The summed E-state index contributed by atoms with van der Waals surface area (Å²) >= 11 is 1.34. The molecule has 4 rings (SSSR count). The Kier molecular flexibility index (Phi) is 5.90. The zero-order valence-electron chi connectivity index (χ0n) is 17.2. The quantitative estimate of drug-likeness (QED) is 0.385. The van der Waals surface area contributed by atoms with Crippen molar-refractivity contribution in [1.29, 1.82) is 0 Å². The van der Waals surface area contributed by atoms with E-state index < -0.39 is 5.97 Å². The van der Waals surface area contributed by atoms with Gasteiger partial charge in [0.1, 0.15) is 0 Å². The summed E-state index contributed by atoms with van der Waals surface area (Å²) < 4.78 is 17.8. The van der Waals surface area contributed by atoms with Crippen molar-refractivity contribution in [2.45, 2.75) is 26.7 Å². The van der Waals surface area contributed by atoms with Gasteiger partial charge in [0.15, 0.2) is 23.9 Å². The summed E-state index contributed by atoms with van der Waals surface area (Å²) in [5.41, 5.74) is 2.94. The molecule has 7 nitrogen and oxygen atoms in total. The van der Waals surface area contributed by atoms with E-state index in [0.29, 0.717) is 21.9 Å². The normalized spacial score (nSPS) is 12.1. The molecule has 0 atom stereocenters. The lowest BCUT2D eigenvalue weighted by atomic mass is 10.1. The fourth-order valence-electron chi connectivity index (χ4n) is 3.54. The van der Waals surface area contributed by atoms with Crippen LogP contribution in [0, 0.1) is 13.8 Å². The molecular weight excluding hydrogens is 418 g/mol. The second-order valence-corrected chi connectivity index (χ2v) is 8.09. The maximum absolute atomic E-state index is 12.7. The molecule has 8 heteroatoms. The van der Waals surface area contributed by atoms with Gasteiger partial charge in [-0.25, -0.2) is 0 Å². The summed E-state index contributed by atoms with van der Waals surface area (Å²) in [6.07, 6.45) is 0.00634. The number of hydrogen-bond acceptors (Lipinski definition) is 7. The molecule has 0 unspecified atom stereocenters. The number of thiophene rings is 1. The van der Waals surface area contributed by atoms with Crippen LogP contribution in [0.2, 0.25) is 0 Å². The van der Waals surface area contributed by atoms with Crippen molar-refractivity contribution in [3.8, 4) is 17.2 Å². The number of ether oxygens (including phenoxy) is 3. The summed E-state index contributed by atoms with van der Waals surface area (Å²) in [5, 5.41) is 1.81. The van der Waals surface area contributed by atoms with E-state index >= 15 is 0 Å². The van der Waals surface area contributed by atoms with Crippen molar-refractivity contribution in [1.82, 2.24) is 4.57 Å². The number of Topliss-reactive ketones (excluding diaryl/α,β-unsaturated/α-hetero) is 2. The lowest BCUT2D eigenvalue weighted by Crippen LogP contribution is -2.15. The molecule has 0 radical (unpaired) electrons. The highest BCUT2D eigenvalue weighted by Crippen LogP contribution is 2.35. The van der Waals surface area contributed by atoms with E-state index in [0.717, 1.165) is 17.1 Å². The minimum atomic E-state index is -0.567. The van der Waals surface area contributed by atoms with Crippen molar-refractivity contribution < 1.29 is 28.6 Å². The molecule has 0 amide bonds. The topological polar surface area (TPSA) is 83.8 Å². The van der Waals surface area contributed by atoms with E-state index in [1.165, 1.54) is 11.3 Å². The Morgan fingerprint density at radius 3 is 2.61 bits per heavy atom. The van der Waals surface area contributed by atoms with Crippen LogP contribution in [0.4, 0.5) is 0 Å². The molecule has 1 aliphatic rings. The second-order valence-electron chi connectivity index (χ2n) is 7.14. The number of carbonyl (C=O) groups excluding carboxylic acids is 3. The van der Waals surface area contributed by atoms with Crippen LogP contribution in [-0.4, -0.2) is 35.5 Å². The van der Waals surface area contributed by atoms with Gasteiger partial charge >= 0.3 is 5.97 Å². The number of hydrogen-bond donors (Lipinski definition) is 0. The lowest BCUT2D eigenvalue weighted by Gasteiger charge is -2.11. The number of rotatable bonds is 8. The summed E-state index contributed by atoms with van der Waals surface area (Å²) in [6, 6.07) is 10.9. The highest BCUT2D eigenvalue weighted by atomic mass is 32.1. The molecule has 0 saturated carbocycles. The molecular formula is C23H21NO6S. The molecule has 0 aliphatic carbocycles. The van der Waals surface area contributed by atoms with Crippen molar-refractivity contribution in [3.63, 3.8) is 0 Å². The first kappa shape index (κ1) is 20.9. The third-order valence-corrected chi connectivity index (χ3v) is 5.97. The van der Waals surface area contributed by atoms with Gasteiger partial charge in [0.2, 0.25) is 12.6 Å². The number of esters is 1. The van der Waals surface area contributed by atoms with Gasteiger partial charge in [-0.3, -0.25) is 14.4 Å². The Balaban J connectivity index is 1.38. The zero-order valence-corrected chi connectivity index (χ0v) is 18.0. The third-order valence-electron chi connectivity index (χ3n) is 5.06. The smallest absolute Gasteiger partial charge is 0.306 e. The Hall–Kier alpha value is -3.39. The Morgan fingerprint density at radius 2 is 1.84 bits per heavy atom. The van der Waals surface area contributed by atoms with Crippen LogP contribution >= 0.6 is 11.3 Å². The Labute approximate surface area is 183 Å². The largest absolute Gasteiger partial charge is 0.457 e. The standard InChI is InChI=1S/C23H21NO6S/c1-14-10-17(15(2)24(14)16-5-7-20-21(11-16)30-13-29-20)19(26)12-28-23(27)8-6-18(25)22-4-3-9-31-22/h3-5,7,9-11H,6,8,12-13H2,1-2H3. The van der Waals surface area contributed by atoms with Crippen molar-refractivity contribution in [2.24, 2.45) is 0 Å². The molecule has 1 aliphatic heterocycles. The van der Waals surface area contributed by atoms with Gasteiger partial charge in [-0.1, -0.05) is 6.07 Å². The predicted octanol–water partition coefficient (Wildman–Crippen LogP) is 4.27. The van der Waals surface area contributed by atoms with Crippen molar-refractivity contribution >= 4 is 28.9 Å². The Morgan fingerprint density at radius 1 is 1.03 bits per heavy atom. The van der Waals surface area contributed by atoms with E-state index in [1.54, 1.807) is 18.2 Å². The van der Waals surface area contributed by atoms with Crippen LogP contribution in [0.15, 0.2) is 41.8 Å². The van der Waals surface area contributed by atoms with Crippen LogP contribution < -0.4 is 9.47 Å². The molecule has 0 bridgehead atoms. The number of ketones is 2. The number of benzene rings is 1. The Bertz CT molecular complexity index is 1150. The van der Waals surface area contributed by atoms with Crippen molar-refractivity contribution in [3.05, 3.63) is 63.6 Å². The maximum atomic E-state index is 12.7. The monoisotopic (exact) mass is 439 g/mol. The molecule has 3 heterocycles. The first-order valence-electron chi connectivity index (χ1n) is 9.78. The van der Waals surface area contributed by atoms with Crippen LogP contribution in [0.3, 0.4) is 0 Å². The van der Waals surface area contributed by atoms with E-state index in [-0.39, 0.29) is 37.8 Å². The molecule has 0 saturated heterocycles. The van der Waals surface area contributed by atoms with Gasteiger partial charge in [0.05, 0.1) is 11.3 Å². The lowest BCUT2D eigenvalue weighted by molar-refractivity contribution is -0.142. The highest BCUT2D eigenvalue weighted by molar-refractivity contribution is 7.12. The summed E-state index contributed by atoms with van der Waals surface area (Å²) in [5.74, 6) is 0.377. The number of aryl methyl sites for hydroxylation is 1. The maximum Gasteiger partial charge on any atom is 0.306 e. The van der Waals surface area contributed by atoms with E-state index in [2.05, 4.69) is 0 Å². The highest BCUT2D eigenvalue weighted by Gasteiger charge is 2.20. The van der Waals surface area contributed by atoms with Gasteiger partial charge in [-0.05, 0) is 43.5 Å². The fraction of sp³-hybridized carbons (Fsp3) is 0.261. The van der Waals surface area contributed by atoms with E-state index in [9.17, 15) is 14.4 Å². The molecule has 1 aromatic carbocycles. The summed E-state index contributed by atoms with van der Waals surface area (Å²) in [6.45, 7) is 3.57.